The molecule has 0 bridgehead atoms. The first-order valence-electron chi connectivity index (χ1n) is 4.83. The van der Waals surface area contributed by atoms with Crippen LogP contribution in [0.25, 0.3) is 11.2 Å². The van der Waals surface area contributed by atoms with Gasteiger partial charge in [0.1, 0.15) is 0 Å². The zero-order valence-electron chi connectivity index (χ0n) is 9.07. The molecule has 0 N–H and O–H groups in total. The van der Waals surface area contributed by atoms with Gasteiger partial charge in [0.15, 0.2) is 5.52 Å². The van der Waals surface area contributed by atoms with E-state index in [0.717, 1.165) is 23.5 Å². The van der Waals surface area contributed by atoms with E-state index < -0.39 is 0 Å². The molecular weight excluding hydrogens is 176 g/mol. The van der Waals surface area contributed by atoms with Crippen molar-refractivity contribution in [3.63, 3.8) is 0 Å². The van der Waals surface area contributed by atoms with E-state index in [4.69, 9.17) is 0 Å². The van der Waals surface area contributed by atoms with Gasteiger partial charge >= 0.3 is 5.65 Å². The van der Waals surface area contributed by atoms with Gasteiger partial charge in [0.05, 0.1) is 19.8 Å². The van der Waals surface area contributed by atoms with Crippen molar-refractivity contribution in [3.05, 3.63) is 17.8 Å². The molecule has 0 spiro atoms. The van der Waals surface area contributed by atoms with Gasteiger partial charge in [0, 0.05) is 13.8 Å². The molecule has 0 aliphatic heterocycles. The largest absolute Gasteiger partial charge is 0.305 e. The molecule has 0 radical (unpaired) electrons. The van der Waals surface area contributed by atoms with Crippen LogP contribution >= 0.6 is 0 Å². The molecule has 0 saturated heterocycles. The molecule has 0 saturated carbocycles. The predicted molar refractivity (Wildman–Crippen MR) is 53.9 cm³/mol. The summed E-state index contributed by atoms with van der Waals surface area (Å²) < 4.78 is 4.32. The van der Waals surface area contributed by atoms with E-state index in [0.29, 0.717) is 0 Å². The van der Waals surface area contributed by atoms with Crippen LogP contribution in [0.15, 0.2) is 6.20 Å². The minimum atomic E-state index is 0.824. The molecule has 2 aromatic rings. The maximum Gasteiger partial charge on any atom is 0.305 e. The maximum atomic E-state index is 4.46. The molecule has 4 heteroatoms. The number of nitrogens with zero attached hydrogens (tertiary/aromatic N) is 4. The molecule has 2 heterocycles. The number of hydrogen-bond donors (Lipinski definition) is 0. The third kappa shape index (κ3) is 1.10. The first kappa shape index (κ1) is 9.12. The molecule has 4 nitrogen and oxygen atoms in total. The molecule has 0 unspecified atom stereocenters. The van der Waals surface area contributed by atoms with Crippen LogP contribution in [0.5, 0.6) is 0 Å². The summed E-state index contributed by atoms with van der Waals surface area (Å²) in [6, 6.07) is 0. The summed E-state index contributed by atoms with van der Waals surface area (Å²) in [5.41, 5.74) is 2.12. The van der Waals surface area contributed by atoms with E-state index in [9.17, 15) is 0 Å². The summed E-state index contributed by atoms with van der Waals surface area (Å²) in [6.45, 7) is 7.09. The summed E-state index contributed by atoms with van der Waals surface area (Å²) in [5, 5.41) is 0. The van der Waals surface area contributed by atoms with Crippen molar-refractivity contribution in [1.82, 2.24) is 14.5 Å². The molecule has 74 valence electrons. The quantitative estimate of drug-likeness (QED) is 0.627. The highest BCUT2D eigenvalue weighted by molar-refractivity contribution is 5.66. The first-order valence-corrected chi connectivity index (χ1v) is 4.83. The van der Waals surface area contributed by atoms with Crippen molar-refractivity contribution in [2.24, 2.45) is 7.05 Å². The topological polar surface area (TPSA) is 34.6 Å². The Hall–Kier alpha value is -1.45. The van der Waals surface area contributed by atoms with E-state index in [1.807, 2.05) is 20.2 Å². The highest BCUT2D eigenvalue weighted by Crippen LogP contribution is 2.09. The van der Waals surface area contributed by atoms with Gasteiger partial charge in [-0.25, -0.2) is 9.55 Å². The zero-order chi connectivity index (χ0) is 10.3. The Morgan fingerprint density at radius 2 is 2.14 bits per heavy atom. The van der Waals surface area contributed by atoms with Crippen LogP contribution in [-0.2, 0) is 13.6 Å². The number of aromatic nitrogens is 4. The van der Waals surface area contributed by atoms with Crippen LogP contribution < -0.4 is 4.57 Å². The Balaban J connectivity index is 2.89. The van der Waals surface area contributed by atoms with E-state index >= 15 is 0 Å². The molecule has 0 aromatic carbocycles. The van der Waals surface area contributed by atoms with E-state index in [1.54, 1.807) is 0 Å². The number of imidazole rings is 1. The second kappa shape index (κ2) is 3.04. The van der Waals surface area contributed by atoms with Crippen molar-refractivity contribution >= 4 is 11.2 Å². The van der Waals surface area contributed by atoms with Gasteiger partial charge in [-0.3, -0.25) is 4.57 Å². The summed E-state index contributed by atoms with van der Waals surface area (Å²) in [6.07, 6.45) is 1.89. The molecule has 2 rings (SSSR count). The third-order valence-corrected chi connectivity index (χ3v) is 2.68. The highest BCUT2D eigenvalue weighted by Gasteiger charge is 2.18. The molecule has 0 aliphatic rings. The second-order valence-corrected chi connectivity index (χ2v) is 3.48. The van der Waals surface area contributed by atoms with Crippen LogP contribution in [-0.4, -0.2) is 14.5 Å². The van der Waals surface area contributed by atoms with Crippen molar-refractivity contribution in [2.75, 3.05) is 0 Å². The second-order valence-electron chi connectivity index (χ2n) is 3.48. The van der Waals surface area contributed by atoms with Crippen LogP contribution in [0.3, 0.4) is 0 Å². The van der Waals surface area contributed by atoms with E-state index in [2.05, 4.69) is 32.9 Å². The van der Waals surface area contributed by atoms with Gasteiger partial charge in [-0.2, -0.15) is 0 Å². The lowest BCUT2D eigenvalue weighted by atomic mass is 10.5. The average molecular weight is 191 g/mol. The fourth-order valence-electron chi connectivity index (χ4n) is 1.77. The molecule has 14 heavy (non-hydrogen) atoms. The maximum absolute atomic E-state index is 4.46. The van der Waals surface area contributed by atoms with Gasteiger partial charge in [0.25, 0.3) is 0 Å². The Morgan fingerprint density at radius 3 is 2.79 bits per heavy atom. The van der Waals surface area contributed by atoms with Crippen LogP contribution in [0.2, 0.25) is 0 Å². The van der Waals surface area contributed by atoms with Crippen molar-refractivity contribution in [2.45, 2.75) is 27.3 Å². The molecule has 0 amide bonds. The van der Waals surface area contributed by atoms with Crippen molar-refractivity contribution < 1.29 is 4.57 Å². The minimum Gasteiger partial charge on any atom is -0.259 e. The van der Waals surface area contributed by atoms with Crippen LogP contribution in [0, 0.1) is 13.8 Å². The van der Waals surface area contributed by atoms with Crippen LogP contribution in [0.1, 0.15) is 18.6 Å². The Bertz CT molecular complexity index is 484. The molecule has 0 fully saturated rings. The summed E-state index contributed by atoms with van der Waals surface area (Å²) >= 11 is 0. The van der Waals surface area contributed by atoms with Gasteiger partial charge in [0.2, 0.25) is 11.6 Å². The number of hydrogen-bond acceptors (Lipinski definition) is 2. The zero-order valence-corrected chi connectivity index (χ0v) is 9.07. The lowest BCUT2D eigenvalue weighted by molar-refractivity contribution is -0.676. The fourth-order valence-corrected chi connectivity index (χ4v) is 1.77. The minimum absolute atomic E-state index is 0.824. The Labute approximate surface area is 83.2 Å². The number of aryl methyl sites for hydroxylation is 3. The van der Waals surface area contributed by atoms with Gasteiger partial charge in [-0.05, 0) is 6.92 Å². The van der Waals surface area contributed by atoms with E-state index in [1.165, 1.54) is 5.82 Å². The SMILES string of the molecule is CC[n+]1c(C)n(C)c2cnc(C)nc21. The Kier molecular flexibility index (Phi) is 1.98. The normalized spacial score (nSPS) is 11.1. The molecule has 0 aliphatic carbocycles. The lowest BCUT2D eigenvalue weighted by Crippen LogP contribution is -2.35. The number of rotatable bonds is 1. The first-order chi connectivity index (χ1) is 6.65. The fraction of sp³-hybridized carbons (Fsp3) is 0.500. The number of fused-ring (bicyclic) bond motifs is 1. The predicted octanol–water partition coefficient (Wildman–Crippen LogP) is 0.893. The Morgan fingerprint density at radius 1 is 1.43 bits per heavy atom. The summed E-state index contributed by atoms with van der Waals surface area (Å²) in [7, 11) is 2.04. The van der Waals surface area contributed by atoms with Crippen molar-refractivity contribution in [3.8, 4) is 0 Å². The van der Waals surface area contributed by atoms with Crippen LogP contribution in [0.4, 0.5) is 0 Å². The molecule has 0 atom stereocenters. The smallest absolute Gasteiger partial charge is 0.259 e. The summed E-state index contributed by atoms with van der Waals surface area (Å²) in [5.74, 6) is 2.03. The lowest BCUT2D eigenvalue weighted by Gasteiger charge is -1.93. The molecular formula is C10H15N4+. The monoisotopic (exact) mass is 191 g/mol. The summed E-state index contributed by atoms with van der Waals surface area (Å²) in [4.78, 5) is 8.67. The van der Waals surface area contributed by atoms with Crippen molar-refractivity contribution in [1.29, 1.82) is 0 Å². The van der Waals surface area contributed by atoms with E-state index in [-0.39, 0.29) is 0 Å². The third-order valence-electron chi connectivity index (χ3n) is 2.68. The van der Waals surface area contributed by atoms with Gasteiger partial charge in [-0.1, -0.05) is 4.98 Å². The van der Waals surface area contributed by atoms with Gasteiger partial charge in [-0.15, -0.1) is 0 Å². The van der Waals surface area contributed by atoms with Gasteiger partial charge < -0.3 is 0 Å². The highest BCUT2D eigenvalue weighted by atomic mass is 15.2. The molecule has 2 aromatic heterocycles. The average Bonchev–Trinajstić information content (AvgIpc) is 2.39. The standard InChI is InChI=1S/C10H15N4/c1-5-14-8(3)13(4)9-6-11-7(2)12-10(9)14/h6H,5H2,1-4H3/q+1.